The number of ether oxygens (including phenoxy) is 3. The molecule has 33 heavy (non-hydrogen) atoms. The van der Waals surface area contributed by atoms with Crippen molar-refractivity contribution in [2.75, 3.05) is 33.1 Å². The summed E-state index contributed by atoms with van der Waals surface area (Å²) in [4.78, 5) is 14.8. The summed E-state index contributed by atoms with van der Waals surface area (Å²) >= 11 is 1.48. The molecule has 0 spiro atoms. The molecule has 0 N–H and O–H groups in total. The monoisotopic (exact) mass is 474 g/mol. The van der Waals surface area contributed by atoms with Crippen LogP contribution in [0, 0.1) is 0 Å². The van der Waals surface area contributed by atoms with Crippen molar-refractivity contribution in [1.29, 1.82) is 0 Å². The Morgan fingerprint density at radius 2 is 1.76 bits per heavy atom. The standard InChI is InChI=1S/C24H34N4O4S/c1-16-13-27(14-17(2)32-16)22(29)15-33-24-26-25-23(28(24)19-8-6-5-7-9-19)18-10-11-20(30-3)21(12-18)31-4/h10-12,16-17,19H,5-9,13-15H2,1-4H3/t16-,17-/m1/s1. The molecule has 0 unspecified atom stereocenters. The molecule has 0 bridgehead atoms. The lowest BCUT2D eigenvalue weighted by Gasteiger charge is -2.35. The number of amides is 1. The van der Waals surface area contributed by atoms with Crippen molar-refractivity contribution in [3.63, 3.8) is 0 Å². The topological polar surface area (TPSA) is 78.7 Å². The molecule has 1 aliphatic heterocycles. The number of nitrogens with zero attached hydrogens (tertiary/aromatic N) is 4. The van der Waals surface area contributed by atoms with Crippen LogP contribution in [0.3, 0.4) is 0 Å². The lowest BCUT2D eigenvalue weighted by molar-refractivity contribution is -0.140. The Labute approximate surface area is 200 Å². The average molecular weight is 475 g/mol. The van der Waals surface area contributed by atoms with Crippen LogP contribution in [0.2, 0.25) is 0 Å². The van der Waals surface area contributed by atoms with Gasteiger partial charge in [0.15, 0.2) is 22.5 Å². The van der Waals surface area contributed by atoms with E-state index >= 15 is 0 Å². The van der Waals surface area contributed by atoms with Gasteiger partial charge in [-0.15, -0.1) is 10.2 Å². The SMILES string of the molecule is COc1ccc(-c2nnc(SCC(=O)N3C[C@@H](C)O[C@H](C)C3)n2C2CCCCC2)cc1OC. The van der Waals surface area contributed by atoms with Gasteiger partial charge in [0.05, 0.1) is 32.2 Å². The Hall–Kier alpha value is -2.26. The van der Waals surface area contributed by atoms with Crippen LogP contribution in [-0.2, 0) is 9.53 Å². The zero-order chi connectivity index (χ0) is 23.4. The number of carbonyl (C=O) groups is 1. The van der Waals surface area contributed by atoms with E-state index in [1.807, 2.05) is 36.9 Å². The second kappa shape index (κ2) is 10.8. The van der Waals surface area contributed by atoms with Gasteiger partial charge in [-0.25, -0.2) is 0 Å². The molecule has 1 aliphatic carbocycles. The Balaban J connectivity index is 1.58. The summed E-state index contributed by atoms with van der Waals surface area (Å²) in [6, 6.07) is 6.16. The summed E-state index contributed by atoms with van der Waals surface area (Å²) in [6.07, 6.45) is 5.97. The van der Waals surface area contributed by atoms with Crippen molar-refractivity contribution >= 4 is 17.7 Å². The smallest absolute Gasteiger partial charge is 0.233 e. The van der Waals surface area contributed by atoms with Gasteiger partial charge in [0, 0.05) is 24.7 Å². The maximum absolute atomic E-state index is 12.9. The highest BCUT2D eigenvalue weighted by molar-refractivity contribution is 7.99. The minimum atomic E-state index is 0.0604. The summed E-state index contributed by atoms with van der Waals surface area (Å²) in [5.41, 5.74) is 0.930. The molecule has 2 aromatic rings. The van der Waals surface area contributed by atoms with Gasteiger partial charge >= 0.3 is 0 Å². The number of methoxy groups -OCH3 is 2. The van der Waals surface area contributed by atoms with E-state index in [9.17, 15) is 4.79 Å². The number of morpholine rings is 1. The van der Waals surface area contributed by atoms with Gasteiger partial charge in [0.25, 0.3) is 0 Å². The van der Waals surface area contributed by atoms with Crippen molar-refractivity contribution in [2.24, 2.45) is 0 Å². The first-order valence-corrected chi connectivity index (χ1v) is 12.7. The first-order valence-electron chi connectivity index (χ1n) is 11.7. The number of thioether (sulfide) groups is 1. The molecule has 8 nitrogen and oxygen atoms in total. The molecule has 180 valence electrons. The molecular weight excluding hydrogens is 440 g/mol. The molecule has 1 saturated heterocycles. The normalized spacial score (nSPS) is 21.8. The Bertz CT molecular complexity index is 950. The highest BCUT2D eigenvalue weighted by Crippen LogP contribution is 2.38. The van der Waals surface area contributed by atoms with E-state index in [4.69, 9.17) is 14.2 Å². The third-order valence-corrected chi connectivity index (χ3v) is 7.27. The number of carbonyl (C=O) groups excluding carboxylic acids is 1. The molecule has 1 aromatic carbocycles. The molecule has 1 aromatic heterocycles. The summed E-state index contributed by atoms with van der Waals surface area (Å²) in [5, 5.41) is 9.88. The maximum atomic E-state index is 12.9. The number of aromatic nitrogens is 3. The van der Waals surface area contributed by atoms with Crippen molar-refractivity contribution in [3.05, 3.63) is 18.2 Å². The van der Waals surface area contributed by atoms with E-state index in [2.05, 4.69) is 14.8 Å². The van der Waals surface area contributed by atoms with E-state index in [1.54, 1.807) is 14.2 Å². The van der Waals surface area contributed by atoms with Crippen molar-refractivity contribution in [1.82, 2.24) is 19.7 Å². The number of hydrogen-bond acceptors (Lipinski definition) is 7. The first-order chi connectivity index (χ1) is 16.0. The van der Waals surface area contributed by atoms with Crippen LogP contribution < -0.4 is 9.47 Å². The Morgan fingerprint density at radius 1 is 1.06 bits per heavy atom. The van der Waals surface area contributed by atoms with Gasteiger partial charge in [-0.1, -0.05) is 31.0 Å². The molecule has 4 rings (SSSR count). The van der Waals surface area contributed by atoms with Gasteiger partial charge in [-0.2, -0.15) is 0 Å². The largest absolute Gasteiger partial charge is 0.493 e. The molecular formula is C24H34N4O4S. The number of rotatable bonds is 7. The zero-order valence-corrected chi connectivity index (χ0v) is 20.8. The fraction of sp³-hybridized carbons (Fsp3) is 0.625. The van der Waals surface area contributed by atoms with Gasteiger partial charge in [-0.05, 0) is 44.9 Å². The summed E-state index contributed by atoms with van der Waals surface area (Å²) < 4.78 is 18.9. The number of hydrogen-bond donors (Lipinski definition) is 0. The lowest BCUT2D eigenvalue weighted by Crippen LogP contribution is -2.48. The number of benzene rings is 1. The molecule has 1 amide bonds. The third kappa shape index (κ3) is 5.46. The first kappa shape index (κ1) is 23.9. The third-order valence-electron chi connectivity index (χ3n) is 6.34. The van der Waals surface area contributed by atoms with E-state index in [-0.39, 0.29) is 18.1 Å². The van der Waals surface area contributed by atoms with Gasteiger partial charge in [-0.3, -0.25) is 9.36 Å². The van der Waals surface area contributed by atoms with Gasteiger partial charge in [0.2, 0.25) is 5.91 Å². The molecule has 2 aliphatic rings. The molecule has 1 saturated carbocycles. The van der Waals surface area contributed by atoms with Gasteiger partial charge < -0.3 is 19.1 Å². The van der Waals surface area contributed by atoms with Gasteiger partial charge in [0.1, 0.15) is 0 Å². The highest BCUT2D eigenvalue weighted by Gasteiger charge is 2.28. The van der Waals surface area contributed by atoms with E-state index < -0.39 is 0 Å². The van der Waals surface area contributed by atoms with Crippen molar-refractivity contribution < 1.29 is 19.0 Å². The second-order valence-corrected chi connectivity index (χ2v) is 9.82. The minimum Gasteiger partial charge on any atom is -0.493 e. The van der Waals surface area contributed by atoms with E-state index in [1.165, 1.54) is 31.0 Å². The highest BCUT2D eigenvalue weighted by atomic mass is 32.2. The van der Waals surface area contributed by atoms with Crippen LogP contribution in [0.4, 0.5) is 0 Å². The summed E-state index contributed by atoms with van der Waals surface area (Å²) in [7, 11) is 3.26. The Kier molecular flexibility index (Phi) is 7.80. The predicted molar refractivity (Wildman–Crippen MR) is 128 cm³/mol. The van der Waals surface area contributed by atoms with Crippen LogP contribution >= 0.6 is 11.8 Å². The minimum absolute atomic E-state index is 0.0604. The maximum Gasteiger partial charge on any atom is 0.233 e. The van der Waals surface area contributed by atoms with E-state index in [0.717, 1.165) is 29.4 Å². The molecule has 0 radical (unpaired) electrons. The van der Waals surface area contributed by atoms with Crippen molar-refractivity contribution in [3.8, 4) is 22.9 Å². The van der Waals surface area contributed by atoms with Crippen LogP contribution in [0.5, 0.6) is 11.5 Å². The van der Waals surface area contributed by atoms with Crippen LogP contribution in [-0.4, -0.2) is 70.8 Å². The second-order valence-electron chi connectivity index (χ2n) is 8.88. The fourth-order valence-electron chi connectivity index (χ4n) is 4.82. The average Bonchev–Trinajstić information content (AvgIpc) is 3.26. The van der Waals surface area contributed by atoms with Crippen LogP contribution in [0.25, 0.3) is 11.4 Å². The van der Waals surface area contributed by atoms with Crippen LogP contribution in [0.15, 0.2) is 23.4 Å². The molecule has 9 heteroatoms. The fourth-order valence-corrected chi connectivity index (χ4v) is 5.72. The predicted octanol–water partition coefficient (Wildman–Crippen LogP) is 4.20. The van der Waals surface area contributed by atoms with E-state index in [0.29, 0.717) is 36.4 Å². The lowest BCUT2D eigenvalue weighted by atomic mass is 9.95. The molecule has 2 atom stereocenters. The molecule has 2 fully saturated rings. The Morgan fingerprint density at radius 3 is 2.42 bits per heavy atom. The van der Waals surface area contributed by atoms with Crippen molar-refractivity contribution in [2.45, 2.75) is 69.4 Å². The quantitative estimate of drug-likeness (QED) is 0.557. The van der Waals surface area contributed by atoms with Crippen LogP contribution in [0.1, 0.15) is 52.0 Å². The molecule has 2 heterocycles. The summed E-state index contributed by atoms with van der Waals surface area (Å²) in [5.74, 6) is 2.61. The summed E-state index contributed by atoms with van der Waals surface area (Å²) in [6.45, 7) is 5.29. The zero-order valence-electron chi connectivity index (χ0n) is 20.0.